The van der Waals surface area contributed by atoms with E-state index in [1.165, 1.54) is 0 Å². The lowest BCUT2D eigenvalue weighted by Crippen LogP contribution is -1.96. The Morgan fingerprint density at radius 3 is 1.35 bits per heavy atom. The van der Waals surface area contributed by atoms with Gasteiger partial charge in [0.1, 0.15) is 0 Å². The molecule has 0 bridgehead atoms. The number of aromatic nitrogens is 5. The number of hydrogen-bond acceptors (Lipinski definition) is 5. The summed E-state index contributed by atoms with van der Waals surface area (Å²) in [6.07, 6.45) is 3.70. The van der Waals surface area contributed by atoms with Gasteiger partial charge in [-0.15, -0.1) is 0 Å². The summed E-state index contributed by atoms with van der Waals surface area (Å²) in [5.41, 5.74) is 12.3. The van der Waals surface area contributed by atoms with Gasteiger partial charge in [-0.05, 0) is 53.1 Å². The van der Waals surface area contributed by atoms with Crippen LogP contribution in [0.25, 0.3) is 78.9 Å². The van der Waals surface area contributed by atoms with Crippen molar-refractivity contribution in [2.45, 2.75) is 0 Å². The van der Waals surface area contributed by atoms with Crippen molar-refractivity contribution < 1.29 is 0 Å². The smallest absolute Gasteiger partial charge is 0.160 e. The van der Waals surface area contributed by atoms with Crippen LogP contribution < -0.4 is 0 Å². The van der Waals surface area contributed by atoms with Crippen molar-refractivity contribution in [3.8, 4) is 78.9 Å². The third-order valence-corrected chi connectivity index (χ3v) is 8.23. The van der Waals surface area contributed by atoms with Crippen molar-refractivity contribution in [3.05, 3.63) is 176 Å². The summed E-state index contributed by atoms with van der Waals surface area (Å²) in [5, 5.41) is 0. The Kier molecular flexibility index (Phi) is 7.83. The molecule has 8 rings (SSSR count). The van der Waals surface area contributed by atoms with Crippen molar-refractivity contribution in [1.82, 2.24) is 24.9 Å². The van der Waals surface area contributed by atoms with Crippen LogP contribution >= 0.6 is 0 Å². The molecule has 4 aromatic heterocycles. The van der Waals surface area contributed by atoms with Gasteiger partial charge in [0, 0.05) is 34.6 Å². The molecule has 0 aliphatic carbocycles. The summed E-state index contributed by atoms with van der Waals surface area (Å²) in [7, 11) is 0. The fourth-order valence-corrected chi connectivity index (χ4v) is 5.72. The van der Waals surface area contributed by atoms with Crippen molar-refractivity contribution in [3.63, 3.8) is 0 Å². The first-order chi connectivity index (χ1) is 23.8. The van der Waals surface area contributed by atoms with Crippen molar-refractivity contribution in [2.24, 2.45) is 0 Å². The minimum absolute atomic E-state index is 0.701. The molecule has 0 amide bonds. The molecule has 0 aliphatic rings. The topological polar surface area (TPSA) is 64.5 Å². The zero-order valence-electron chi connectivity index (χ0n) is 26.0. The first kappa shape index (κ1) is 28.9. The Morgan fingerprint density at radius 2 is 0.771 bits per heavy atom. The van der Waals surface area contributed by atoms with Crippen LogP contribution in [0.5, 0.6) is 0 Å². The van der Waals surface area contributed by atoms with Crippen molar-refractivity contribution in [1.29, 1.82) is 0 Å². The average Bonchev–Trinajstić information content (AvgIpc) is 3.19. The molecule has 0 fully saturated rings. The van der Waals surface area contributed by atoms with Gasteiger partial charge >= 0.3 is 0 Å². The first-order valence-electron chi connectivity index (χ1n) is 15.8. The largest absolute Gasteiger partial charge is 0.255 e. The number of benzene rings is 4. The molecule has 5 heteroatoms. The molecule has 0 radical (unpaired) electrons. The predicted octanol–water partition coefficient (Wildman–Crippen LogP) is 10.3. The Morgan fingerprint density at radius 1 is 0.271 bits per heavy atom. The van der Waals surface area contributed by atoms with Crippen LogP contribution in [0.15, 0.2) is 176 Å². The van der Waals surface area contributed by atoms with E-state index in [1.807, 2.05) is 97.2 Å². The lowest BCUT2D eigenvalue weighted by Gasteiger charge is -2.11. The Hall–Kier alpha value is -6.59. The lowest BCUT2D eigenvalue weighted by atomic mass is 10.0. The molecular formula is C43H29N5. The minimum atomic E-state index is 0.701. The highest BCUT2D eigenvalue weighted by Crippen LogP contribution is 2.32. The Balaban J connectivity index is 1.11. The van der Waals surface area contributed by atoms with Gasteiger partial charge in [-0.25, -0.2) is 15.0 Å². The molecule has 0 saturated carbocycles. The van der Waals surface area contributed by atoms with Gasteiger partial charge in [0.25, 0.3) is 0 Å². The van der Waals surface area contributed by atoms with E-state index in [0.29, 0.717) is 5.82 Å². The lowest BCUT2D eigenvalue weighted by molar-refractivity contribution is 1.18. The number of hydrogen-bond donors (Lipinski definition) is 0. The summed E-state index contributed by atoms with van der Waals surface area (Å²) < 4.78 is 0. The molecule has 0 unspecified atom stereocenters. The highest BCUT2D eigenvalue weighted by molar-refractivity contribution is 5.77. The molecule has 0 N–H and O–H groups in total. The molecule has 4 heterocycles. The number of nitrogens with zero attached hydrogens (tertiary/aromatic N) is 5. The molecular weight excluding hydrogens is 587 g/mol. The molecule has 0 atom stereocenters. The molecule has 5 nitrogen and oxygen atoms in total. The molecule has 0 spiro atoms. The van der Waals surface area contributed by atoms with Crippen LogP contribution in [-0.2, 0) is 0 Å². The van der Waals surface area contributed by atoms with E-state index in [4.69, 9.17) is 19.9 Å². The molecule has 4 aromatic carbocycles. The molecule has 226 valence electrons. The van der Waals surface area contributed by atoms with E-state index >= 15 is 0 Å². The summed E-state index contributed by atoms with van der Waals surface area (Å²) in [6.45, 7) is 0. The second-order valence-corrected chi connectivity index (χ2v) is 11.4. The third-order valence-electron chi connectivity index (χ3n) is 8.23. The van der Waals surface area contributed by atoms with Gasteiger partial charge in [-0.3, -0.25) is 9.97 Å². The second-order valence-electron chi connectivity index (χ2n) is 11.4. The van der Waals surface area contributed by atoms with Crippen LogP contribution in [0, 0.1) is 0 Å². The van der Waals surface area contributed by atoms with E-state index < -0.39 is 0 Å². The van der Waals surface area contributed by atoms with Gasteiger partial charge in [-0.1, -0.05) is 127 Å². The molecule has 8 aromatic rings. The highest BCUT2D eigenvalue weighted by Gasteiger charge is 2.13. The zero-order valence-corrected chi connectivity index (χ0v) is 26.0. The average molecular weight is 616 g/mol. The highest BCUT2D eigenvalue weighted by atomic mass is 14.9. The van der Waals surface area contributed by atoms with Crippen LogP contribution in [0.3, 0.4) is 0 Å². The van der Waals surface area contributed by atoms with E-state index in [-0.39, 0.29) is 0 Å². The van der Waals surface area contributed by atoms with Crippen molar-refractivity contribution >= 4 is 0 Å². The van der Waals surface area contributed by atoms with E-state index in [0.717, 1.165) is 73.1 Å². The van der Waals surface area contributed by atoms with Gasteiger partial charge in [-0.2, -0.15) is 0 Å². The fraction of sp³-hybridized carbons (Fsp3) is 0. The molecule has 0 saturated heterocycles. The number of rotatable bonds is 7. The maximum atomic E-state index is 4.97. The van der Waals surface area contributed by atoms with Gasteiger partial charge in [0.05, 0.1) is 34.2 Å². The molecule has 48 heavy (non-hydrogen) atoms. The second kappa shape index (κ2) is 13.0. The quantitative estimate of drug-likeness (QED) is 0.178. The maximum Gasteiger partial charge on any atom is 0.160 e. The maximum absolute atomic E-state index is 4.97. The monoisotopic (exact) mass is 615 g/mol. The summed E-state index contributed by atoms with van der Waals surface area (Å²) >= 11 is 0. The Bertz CT molecular complexity index is 2010. The number of pyridine rings is 3. The fourth-order valence-electron chi connectivity index (χ4n) is 5.72. The summed E-state index contributed by atoms with van der Waals surface area (Å²) in [4.78, 5) is 24.3. The predicted molar refractivity (Wildman–Crippen MR) is 193 cm³/mol. The van der Waals surface area contributed by atoms with Crippen LogP contribution in [0.2, 0.25) is 0 Å². The van der Waals surface area contributed by atoms with Crippen LogP contribution in [0.4, 0.5) is 0 Å². The van der Waals surface area contributed by atoms with Crippen molar-refractivity contribution in [2.75, 3.05) is 0 Å². The standard InChI is InChI=1S/C43H29N5/c1-4-12-30(13-5-1)36-26-41(37-18-10-11-25-44-37)46-42(27-36)38-24-23-35(29-45-38)31-19-21-33(22-20-31)40-28-39(32-14-6-2-7-15-32)47-43(48-40)34-16-8-3-9-17-34/h1-29H. The SMILES string of the molecule is c1ccc(-c2cc(-c3ccccn3)nc(-c3ccc(-c4ccc(-c5cc(-c6ccccc6)nc(-c6ccccc6)n5)cc4)cn3)c2)cc1. The molecule has 0 aliphatic heterocycles. The normalized spacial score (nSPS) is 10.9. The minimum Gasteiger partial charge on any atom is -0.255 e. The van der Waals surface area contributed by atoms with Gasteiger partial charge in [0.2, 0.25) is 0 Å². The first-order valence-corrected chi connectivity index (χ1v) is 15.8. The van der Waals surface area contributed by atoms with E-state index in [1.54, 1.807) is 6.20 Å². The zero-order chi connectivity index (χ0) is 32.1. The summed E-state index contributed by atoms with van der Waals surface area (Å²) in [6, 6.07) is 55.4. The van der Waals surface area contributed by atoms with Gasteiger partial charge < -0.3 is 0 Å². The third kappa shape index (κ3) is 6.13. The Labute approximate surface area is 279 Å². The summed E-state index contributed by atoms with van der Waals surface area (Å²) in [5.74, 6) is 0.701. The van der Waals surface area contributed by atoms with E-state index in [2.05, 4.69) is 77.8 Å². The van der Waals surface area contributed by atoms with E-state index in [9.17, 15) is 0 Å². The van der Waals surface area contributed by atoms with Gasteiger partial charge in [0.15, 0.2) is 5.82 Å². The van der Waals surface area contributed by atoms with Crippen LogP contribution in [0.1, 0.15) is 0 Å². The van der Waals surface area contributed by atoms with Crippen LogP contribution in [-0.4, -0.2) is 24.9 Å².